The van der Waals surface area contributed by atoms with Gasteiger partial charge in [0.25, 0.3) is 0 Å². The van der Waals surface area contributed by atoms with Gasteiger partial charge in [-0.15, -0.1) is 0 Å². The number of methoxy groups -OCH3 is 7. The highest BCUT2D eigenvalue weighted by Crippen LogP contribution is 2.45. The van der Waals surface area contributed by atoms with E-state index in [2.05, 4.69) is 107 Å². The summed E-state index contributed by atoms with van der Waals surface area (Å²) in [5.41, 5.74) is 27.7. The molecule has 0 aliphatic heterocycles. The first-order chi connectivity index (χ1) is 69.9. The molecule has 0 saturated heterocycles. The van der Waals surface area contributed by atoms with Crippen molar-refractivity contribution in [3.8, 4) is 57.5 Å². The maximum atomic E-state index is 13.0. The number of aliphatic hydroxyl groups excluding tert-OH is 7. The molecule has 148 heavy (non-hydrogen) atoms. The van der Waals surface area contributed by atoms with E-state index in [0.29, 0.717) is 136 Å². The van der Waals surface area contributed by atoms with Gasteiger partial charge in [-0.05, 0) is 288 Å². The van der Waals surface area contributed by atoms with Crippen LogP contribution in [0.1, 0.15) is 280 Å². The molecular weight excluding hydrogens is 1880 g/mol. The fourth-order valence-electron chi connectivity index (χ4n) is 18.6. The van der Waals surface area contributed by atoms with Crippen LogP contribution < -0.4 is 0 Å². The number of aromatic hydroxyl groups is 10. The van der Waals surface area contributed by atoms with E-state index in [4.69, 9.17) is 53.6 Å². The van der Waals surface area contributed by atoms with E-state index < -0.39 is 5.82 Å². The van der Waals surface area contributed by atoms with E-state index >= 15 is 0 Å². The summed E-state index contributed by atoms with van der Waals surface area (Å²) >= 11 is 0. The second kappa shape index (κ2) is 61.2. The summed E-state index contributed by atoms with van der Waals surface area (Å²) in [6.07, 6.45) is 6.68. The van der Waals surface area contributed by atoms with Crippen LogP contribution in [0.5, 0.6) is 57.5 Å². The third-order valence-corrected chi connectivity index (χ3v) is 26.8. The van der Waals surface area contributed by atoms with Crippen LogP contribution in [-0.2, 0) is 160 Å². The lowest BCUT2D eigenvalue weighted by atomic mass is 9.71. The summed E-state index contributed by atoms with van der Waals surface area (Å²) in [4.78, 5) is 0. The van der Waals surface area contributed by atoms with Gasteiger partial charge in [0, 0.05) is 159 Å². The second-order valence-electron chi connectivity index (χ2n) is 41.2. The Kier molecular flexibility index (Phi) is 52.6. The van der Waals surface area contributed by atoms with Gasteiger partial charge >= 0.3 is 0 Å². The Morgan fingerprint density at radius 3 is 0.912 bits per heavy atom. The van der Waals surface area contributed by atoms with E-state index in [1.165, 1.54) is 41.5 Å². The molecule has 11 rings (SSSR count). The lowest BCUT2D eigenvalue weighted by Crippen LogP contribution is -2.25. The zero-order chi connectivity index (χ0) is 111. The van der Waals surface area contributed by atoms with Crippen LogP contribution in [0.15, 0.2) is 140 Å². The molecule has 0 fully saturated rings. The van der Waals surface area contributed by atoms with Crippen molar-refractivity contribution < 1.29 is 124 Å². The fourth-order valence-corrected chi connectivity index (χ4v) is 18.6. The average Bonchev–Trinajstić information content (AvgIpc) is 0.764. The minimum atomic E-state index is -0.432. The van der Waals surface area contributed by atoms with Gasteiger partial charge in [-0.2, -0.15) is 0 Å². The zero-order valence-electron chi connectivity index (χ0n) is 92.6. The number of phenols is 10. The van der Waals surface area contributed by atoms with Crippen molar-refractivity contribution in [2.45, 2.75) is 277 Å². The fraction of sp³-hybridized carbons (Fsp3) is 0.463. The van der Waals surface area contributed by atoms with Crippen LogP contribution in [-0.4, -0.2) is 183 Å². The number of aliphatic hydroxyl groups is 7. The number of benzene rings is 11. The van der Waals surface area contributed by atoms with E-state index in [-0.39, 0.29) is 133 Å². The average molecular weight is 2050 g/mol. The van der Waals surface area contributed by atoms with Gasteiger partial charge < -0.3 is 120 Å². The molecule has 0 heterocycles. The number of hydrogen-bond donors (Lipinski definition) is 17. The number of phenolic OH excluding ortho intramolecular Hbond substituents is 10. The van der Waals surface area contributed by atoms with Crippen LogP contribution >= 0.6 is 0 Å². The topological polar surface area (TPSA) is 409 Å². The standard InChI is InChI=1S/C30H38O4.C27H32O5.C18H30O3.C14H22O3.2C12H18O3.C10H13FO3/c1-19-14-25(16-21(12-13-31)27(19)32)29(3,4)23-8-10-24(11-9-23)30(5,6)26-15-20(2)28(33)22(17-26)18-34-7;1-16-7-19(5-6-28)25(29)20(8-16)13-21-9-17(2)10-22(26(21)30)14-23-11-18(3)12-24(15-32-4)27(23)31;1-17(2,3)12-18(4,5)15-9-13(7-8-19)16(20)14(10-15)11-21-6;1-4-10(2)12-7-11(5-6-15)14(16)13(8-12)9-17-3;1-8-6-10(4-5-13)12(14)11(7-15-3)9(8)2;1-3-9-6-10(4-5-13)12(14)11(7-9)8-15-2;1-14-6-8-5-9(11)4-7(2-3-12)10(8)13/h8-11,14-17,31-33H,12-13,18H2,1-7H3;7-12,28-31H,5-6,13-15H2,1-4H3;9-10,19-20H,7-8,11-12H2,1-6H3;7-8,10,15-16H,4-6,9H2,1-3H3;6,13-14H,4-5,7H2,1-3H3;6-7,13-14H,3-5,8H2,1-2H3;4-5,12-13H,2-3,6H2,1H3. The van der Waals surface area contributed by atoms with Gasteiger partial charge in [-0.25, -0.2) is 4.39 Å². The Balaban J connectivity index is 0.000000313. The first kappa shape index (κ1) is 127. The van der Waals surface area contributed by atoms with E-state index in [0.717, 1.165) is 142 Å². The number of rotatable bonds is 41. The van der Waals surface area contributed by atoms with E-state index in [1.54, 1.807) is 42.7 Å². The maximum absolute atomic E-state index is 13.0. The van der Waals surface area contributed by atoms with Crippen LogP contribution in [0.25, 0.3) is 0 Å². The highest BCUT2D eigenvalue weighted by Gasteiger charge is 2.32. The van der Waals surface area contributed by atoms with Crippen molar-refractivity contribution in [2.75, 3.05) is 96.0 Å². The summed E-state index contributed by atoms with van der Waals surface area (Å²) in [6, 6.07) is 44.5. The molecule has 11 aromatic rings. The molecule has 0 amide bonds. The van der Waals surface area contributed by atoms with Gasteiger partial charge in [-0.3, -0.25) is 0 Å². The van der Waals surface area contributed by atoms with Crippen LogP contribution in [0, 0.1) is 59.7 Å². The highest BCUT2D eigenvalue weighted by atomic mass is 19.1. The quantitative estimate of drug-likeness (QED) is 0.0169. The molecule has 17 N–H and O–H groups in total. The monoisotopic (exact) mass is 2050 g/mol. The Labute approximate surface area is 878 Å². The first-order valence-electron chi connectivity index (χ1n) is 50.7. The Morgan fingerprint density at radius 2 is 0.534 bits per heavy atom. The Morgan fingerprint density at radius 1 is 0.277 bits per heavy atom. The van der Waals surface area contributed by atoms with Crippen molar-refractivity contribution in [3.05, 3.63) is 323 Å². The van der Waals surface area contributed by atoms with Crippen LogP contribution in [0.2, 0.25) is 0 Å². The number of ether oxygens (including phenoxy) is 7. The molecule has 25 heteroatoms. The van der Waals surface area contributed by atoms with E-state index in [9.17, 15) is 70.8 Å². The summed E-state index contributed by atoms with van der Waals surface area (Å²) in [5.74, 6) is 2.11. The molecule has 0 aliphatic carbocycles. The van der Waals surface area contributed by atoms with Gasteiger partial charge in [0.1, 0.15) is 63.3 Å². The third-order valence-electron chi connectivity index (χ3n) is 26.8. The molecule has 0 spiro atoms. The van der Waals surface area contributed by atoms with Crippen LogP contribution in [0.4, 0.5) is 4.39 Å². The second-order valence-corrected chi connectivity index (χ2v) is 41.2. The van der Waals surface area contributed by atoms with Gasteiger partial charge in [-0.1, -0.05) is 203 Å². The Bertz CT molecular complexity index is 5720. The molecule has 11 aromatic carbocycles. The number of halogens is 1. The minimum Gasteiger partial charge on any atom is -0.507 e. The lowest BCUT2D eigenvalue weighted by Gasteiger charge is -2.33. The third kappa shape index (κ3) is 36.6. The highest BCUT2D eigenvalue weighted by molar-refractivity contribution is 5.57. The van der Waals surface area contributed by atoms with Crippen molar-refractivity contribution in [1.82, 2.24) is 0 Å². The van der Waals surface area contributed by atoms with Crippen molar-refractivity contribution >= 4 is 0 Å². The maximum Gasteiger partial charge on any atom is 0.124 e. The largest absolute Gasteiger partial charge is 0.507 e. The molecule has 24 nitrogen and oxygen atoms in total. The molecule has 0 bridgehead atoms. The van der Waals surface area contributed by atoms with Gasteiger partial charge in [0.2, 0.25) is 0 Å². The SMILES string of the molecule is CCC(C)c1cc(CCO)c(O)c(COC)c1.CCc1cc(CCO)c(O)c(COC)c1.COCc1c(C)c(C)cc(CCO)c1O.COCc1cc(C(C)(C)CC(C)(C)C)cc(CCO)c1O.COCc1cc(C(C)(C)c2ccc(C(C)(C)c3cc(C)c(O)c(CCO)c3)cc2)cc(C)c1O.COCc1cc(C)cc(Cc2cc(C)cc(Cc3cc(C)cc(CCO)c3O)c2O)c1O.COCc1cc(F)cc(CCO)c1O. The molecular formula is C123H171FO24. The zero-order valence-corrected chi connectivity index (χ0v) is 92.6. The summed E-state index contributed by atoms with van der Waals surface area (Å²) in [5, 5.41) is 166. The molecule has 0 aliphatic rings. The van der Waals surface area contributed by atoms with Crippen molar-refractivity contribution in [3.63, 3.8) is 0 Å². The predicted octanol–water partition coefficient (Wildman–Crippen LogP) is 21.6. The van der Waals surface area contributed by atoms with Crippen molar-refractivity contribution in [1.29, 1.82) is 0 Å². The lowest BCUT2D eigenvalue weighted by molar-refractivity contribution is 0.181. The Hall–Kier alpha value is -11.2. The summed E-state index contributed by atoms with van der Waals surface area (Å²) in [6.45, 7) is 42.4. The smallest absolute Gasteiger partial charge is 0.124 e. The molecule has 0 saturated carbocycles. The molecule has 1 atom stereocenters. The molecule has 1 unspecified atom stereocenters. The van der Waals surface area contributed by atoms with Gasteiger partial charge in [0.15, 0.2) is 0 Å². The predicted molar refractivity (Wildman–Crippen MR) is 586 cm³/mol. The molecule has 814 valence electrons. The van der Waals surface area contributed by atoms with Crippen LogP contribution in [0.3, 0.4) is 0 Å². The molecule has 0 aromatic heterocycles. The minimum absolute atomic E-state index is 0.00134. The summed E-state index contributed by atoms with van der Waals surface area (Å²) < 4.78 is 48.6. The molecule has 0 radical (unpaired) electrons. The first-order valence-corrected chi connectivity index (χ1v) is 50.7. The van der Waals surface area contributed by atoms with E-state index in [1.807, 2.05) is 152 Å². The number of hydrogen-bond acceptors (Lipinski definition) is 24. The van der Waals surface area contributed by atoms with Gasteiger partial charge in [0.05, 0.1) is 46.2 Å². The normalized spacial score (nSPS) is 11.6. The van der Waals surface area contributed by atoms with Crippen molar-refractivity contribution in [2.24, 2.45) is 5.41 Å². The summed E-state index contributed by atoms with van der Waals surface area (Å²) in [7, 11) is 11.1. The number of aryl methyl sites for hydroxylation is 7.